The first-order chi connectivity index (χ1) is 16.6. The van der Waals surface area contributed by atoms with Crippen molar-refractivity contribution in [3.8, 4) is 5.75 Å². The van der Waals surface area contributed by atoms with Gasteiger partial charge in [-0.05, 0) is 38.1 Å². The summed E-state index contributed by atoms with van der Waals surface area (Å²) in [4.78, 5) is 33.7. The Hall–Kier alpha value is -3.21. The van der Waals surface area contributed by atoms with E-state index < -0.39 is 23.3 Å². The second kappa shape index (κ2) is 8.78. The number of aromatic nitrogens is 4. The van der Waals surface area contributed by atoms with Crippen LogP contribution in [-0.2, 0) is 20.9 Å². The minimum atomic E-state index is -0.586. The fraction of sp³-hybridized carbons (Fsp3) is 0.565. The van der Waals surface area contributed by atoms with Crippen molar-refractivity contribution in [2.24, 2.45) is 5.16 Å². The van der Waals surface area contributed by atoms with Crippen molar-refractivity contribution in [2.75, 3.05) is 13.1 Å². The van der Waals surface area contributed by atoms with Gasteiger partial charge in [0, 0.05) is 25.9 Å². The normalized spacial score (nSPS) is 21.3. The highest BCUT2D eigenvalue weighted by atomic mass is 35.5. The van der Waals surface area contributed by atoms with E-state index in [1.165, 1.54) is 4.80 Å². The number of benzene rings is 1. The van der Waals surface area contributed by atoms with Crippen LogP contribution in [0.2, 0.25) is 5.02 Å². The van der Waals surface area contributed by atoms with Crippen molar-refractivity contribution in [3.05, 3.63) is 34.6 Å². The molecule has 0 radical (unpaired) electrons. The SMILES string of the molecule is CC(C)(C)OC(=O)Cn1nnc(C2CC(N3CCC4(CC3)CC(=O)c3c(Cl)cccc3O4)=NO2)n1. The molecule has 2 aromatic rings. The van der Waals surface area contributed by atoms with Crippen molar-refractivity contribution in [1.29, 1.82) is 0 Å². The number of ketones is 1. The Labute approximate surface area is 207 Å². The summed E-state index contributed by atoms with van der Waals surface area (Å²) in [5.74, 6) is 1.28. The zero-order valence-corrected chi connectivity index (χ0v) is 20.6. The molecule has 1 atom stereocenters. The molecule has 0 bridgehead atoms. The molecule has 11 nitrogen and oxygen atoms in total. The summed E-state index contributed by atoms with van der Waals surface area (Å²) in [5, 5.41) is 16.9. The van der Waals surface area contributed by atoms with Gasteiger partial charge in [0.25, 0.3) is 0 Å². The Balaban J connectivity index is 1.16. The molecule has 3 aliphatic rings. The van der Waals surface area contributed by atoms with Gasteiger partial charge in [0.15, 0.2) is 18.4 Å². The van der Waals surface area contributed by atoms with Crippen LogP contribution in [0, 0.1) is 0 Å². The number of hydrogen-bond acceptors (Lipinski definition) is 10. The Bertz CT molecular complexity index is 1180. The van der Waals surface area contributed by atoms with E-state index in [0.29, 0.717) is 60.9 Å². The highest BCUT2D eigenvalue weighted by Crippen LogP contribution is 2.42. The van der Waals surface area contributed by atoms with Crippen molar-refractivity contribution < 1.29 is 23.9 Å². The van der Waals surface area contributed by atoms with Crippen molar-refractivity contribution >= 4 is 29.2 Å². The molecule has 5 rings (SSSR count). The predicted molar refractivity (Wildman–Crippen MR) is 124 cm³/mol. The molecule has 0 saturated carbocycles. The third kappa shape index (κ3) is 4.95. The van der Waals surface area contributed by atoms with E-state index in [0.717, 1.165) is 5.84 Å². The largest absolute Gasteiger partial charge is 0.486 e. The number of tetrazole rings is 1. The number of likely N-dealkylation sites (tertiary alicyclic amines) is 1. The maximum absolute atomic E-state index is 12.8. The molecule has 1 aromatic heterocycles. The maximum Gasteiger partial charge on any atom is 0.330 e. The van der Waals surface area contributed by atoms with Gasteiger partial charge in [0.2, 0.25) is 5.82 Å². The number of hydrogen-bond donors (Lipinski definition) is 0. The molecule has 0 N–H and O–H groups in total. The minimum Gasteiger partial charge on any atom is -0.486 e. The lowest BCUT2D eigenvalue weighted by atomic mass is 9.82. The number of oxime groups is 1. The lowest BCUT2D eigenvalue weighted by molar-refractivity contribution is -0.156. The molecule has 1 saturated heterocycles. The number of fused-ring (bicyclic) bond motifs is 1. The van der Waals surface area contributed by atoms with E-state index in [4.69, 9.17) is 25.9 Å². The number of esters is 1. The summed E-state index contributed by atoms with van der Waals surface area (Å²) in [6.07, 6.45) is 1.68. The molecule has 1 aromatic carbocycles. The van der Waals surface area contributed by atoms with Crippen LogP contribution in [0.4, 0.5) is 0 Å². The van der Waals surface area contributed by atoms with Gasteiger partial charge in [0.05, 0.1) is 23.4 Å². The molecule has 4 heterocycles. The van der Waals surface area contributed by atoms with E-state index in [1.54, 1.807) is 39.0 Å². The van der Waals surface area contributed by atoms with Gasteiger partial charge in [-0.3, -0.25) is 4.79 Å². The van der Waals surface area contributed by atoms with E-state index in [2.05, 4.69) is 25.5 Å². The molecule has 0 aliphatic carbocycles. The summed E-state index contributed by atoms with van der Waals surface area (Å²) < 4.78 is 11.6. The molecule has 0 amide bonds. The zero-order chi connectivity index (χ0) is 24.8. The number of carbonyl (C=O) groups is 2. The monoisotopic (exact) mass is 502 g/mol. The Kier molecular flexibility index (Phi) is 5.90. The van der Waals surface area contributed by atoms with Crippen molar-refractivity contribution in [3.63, 3.8) is 0 Å². The lowest BCUT2D eigenvalue weighted by Gasteiger charge is -2.44. The fourth-order valence-corrected chi connectivity index (χ4v) is 4.86. The van der Waals surface area contributed by atoms with Crippen LogP contribution in [-0.4, -0.2) is 67.0 Å². The van der Waals surface area contributed by atoms with Crippen LogP contribution >= 0.6 is 11.6 Å². The Morgan fingerprint density at radius 1 is 1.29 bits per heavy atom. The average molecular weight is 503 g/mol. The number of carbonyl (C=O) groups excluding carboxylic acids is 2. The molecule has 35 heavy (non-hydrogen) atoms. The zero-order valence-electron chi connectivity index (χ0n) is 19.9. The molecule has 12 heteroatoms. The summed E-state index contributed by atoms with van der Waals surface area (Å²) >= 11 is 6.21. The second-order valence-corrected chi connectivity index (χ2v) is 10.5. The first kappa shape index (κ1) is 23.5. The number of amidine groups is 1. The van der Waals surface area contributed by atoms with Crippen LogP contribution in [0.5, 0.6) is 5.75 Å². The van der Waals surface area contributed by atoms with Gasteiger partial charge in [-0.15, -0.1) is 10.2 Å². The number of nitrogens with zero attached hydrogens (tertiary/aromatic N) is 6. The fourth-order valence-electron chi connectivity index (χ4n) is 4.59. The van der Waals surface area contributed by atoms with Crippen LogP contribution in [0.15, 0.2) is 23.4 Å². The number of rotatable bonds is 3. The smallest absolute Gasteiger partial charge is 0.330 e. The van der Waals surface area contributed by atoms with Gasteiger partial charge in [-0.2, -0.15) is 4.80 Å². The molecular formula is C23H27ClN6O5. The van der Waals surface area contributed by atoms with Crippen LogP contribution in [0.3, 0.4) is 0 Å². The summed E-state index contributed by atoms with van der Waals surface area (Å²) in [7, 11) is 0. The number of halogens is 1. The highest BCUT2D eigenvalue weighted by molar-refractivity contribution is 6.34. The molecule has 1 fully saturated rings. The van der Waals surface area contributed by atoms with E-state index in [-0.39, 0.29) is 12.3 Å². The standard InChI is InChI=1S/C23H27ClN6O5/c1-22(2,3)34-19(32)13-30-26-21(25-28-30)17-11-18(27-35-17)29-9-7-23(8-10-29)12-15(31)20-14(24)5-4-6-16(20)33-23/h4-6,17H,7-13H2,1-3H3. The average Bonchev–Trinajstić information content (AvgIpc) is 3.42. The number of piperidine rings is 1. The number of Topliss-reactive ketones (excluding diaryl/α,β-unsaturated/α-hetero) is 1. The van der Waals surface area contributed by atoms with Gasteiger partial charge in [0.1, 0.15) is 22.8 Å². The Morgan fingerprint density at radius 3 is 2.80 bits per heavy atom. The van der Waals surface area contributed by atoms with E-state index in [9.17, 15) is 9.59 Å². The summed E-state index contributed by atoms with van der Waals surface area (Å²) in [6, 6.07) is 5.31. The van der Waals surface area contributed by atoms with Crippen LogP contribution in [0.1, 0.15) is 68.7 Å². The topological polar surface area (TPSA) is 121 Å². The van der Waals surface area contributed by atoms with E-state index in [1.807, 2.05) is 0 Å². The van der Waals surface area contributed by atoms with Gasteiger partial charge >= 0.3 is 5.97 Å². The molecule has 1 spiro atoms. The predicted octanol–water partition coefficient (Wildman–Crippen LogP) is 2.94. The molecule has 186 valence electrons. The summed E-state index contributed by atoms with van der Waals surface area (Å²) in [5.41, 5.74) is -0.640. The Morgan fingerprint density at radius 2 is 2.06 bits per heavy atom. The third-order valence-corrected chi connectivity index (χ3v) is 6.52. The van der Waals surface area contributed by atoms with Crippen LogP contribution < -0.4 is 4.74 Å². The second-order valence-electron chi connectivity index (χ2n) is 10.1. The quantitative estimate of drug-likeness (QED) is 0.583. The molecule has 3 aliphatic heterocycles. The highest BCUT2D eigenvalue weighted by Gasteiger charge is 2.44. The summed E-state index contributed by atoms with van der Waals surface area (Å²) in [6.45, 7) is 6.61. The first-order valence-electron chi connectivity index (χ1n) is 11.6. The van der Waals surface area contributed by atoms with Crippen molar-refractivity contribution in [1.82, 2.24) is 25.1 Å². The third-order valence-electron chi connectivity index (χ3n) is 6.20. The van der Waals surface area contributed by atoms with Crippen LogP contribution in [0.25, 0.3) is 0 Å². The van der Waals surface area contributed by atoms with E-state index >= 15 is 0 Å². The number of ether oxygens (including phenoxy) is 2. The minimum absolute atomic E-state index is 0.0208. The first-order valence-corrected chi connectivity index (χ1v) is 12.0. The van der Waals surface area contributed by atoms with Gasteiger partial charge in [-0.25, -0.2) is 4.79 Å². The van der Waals surface area contributed by atoms with Gasteiger partial charge in [-0.1, -0.05) is 22.8 Å². The van der Waals surface area contributed by atoms with Gasteiger partial charge < -0.3 is 19.2 Å². The van der Waals surface area contributed by atoms with Crippen molar-refractivity contribution in [2.45, 2.75) is 70.3 Å². The molecular weight excluding hydrogens is 476 g/mol. The molecule has 1 unspecified atom stereocenters. The maximum atomic E-state index is 12.8. The lowest BCUT2D eigenvalue weighted by Crippen LogP contribution is -2.52.